The molecule has 0 aliphatic rings. The summed E-state index contributed by atoms with van der Waals surface area (Å²) in [6.07, 6.45) is 1.86. The summed E-state index contributed by atoms with van der Waals surface area (Å²) in [7, 11) is 1.39. The molecular formula is C5H12O2S. The first kappa shape index (κ1) is 10.7. The molecule has 0 aliphatic carbocycles. The van der Waals surface area contributed by atoms with Gasteiger partial charge in [-0.05, 0) is 6.26 Å². The number of ether oxygens (including phenoxy) is 1. The summed E-state index contributed by atoms with van der Waals surface area (Å²) in [5, 5.41) is 0. The van der Waals surface area contributed by atoms with E-state index in [2.05, 4.69) is 4.74 Å². The van der Waals surface area contributed by atoms with Crippen LogP contribution in [0, 0.1) is 0 Å². The summed E-state index contributed by atoms with van der Waals surface area (Å²) in [6, 6.07) is 0. The van der Waals surface area contributed by atoms with Crippen molar-refractivity contribution in [2.24, 2.45) is 0 Å². The van der Waals surface area contributed by atoms with Gasteiger partial charge in [-0.15, -0.1) is 0 Å². The van der Waals surface area contributed by atoms with Gasteiger partial charge in [-0.3, -0.25) is 4.79 Å². The number of carbonyl (C=O) groups is 1. The number of hydrogen-bond acceptors (Lipinski definition) is 3. The van der Waals surface area contributed by atoms with Crippen molar-refractivity contribution in [3.8, 4) is 0 Å². The molecule has 0 aliphatic heterocycles. The monoisotopic (exact) mass is 136 g/mol. The molecule has 8 heavy (non-hydrogen) atoms. The molecule has 0 aromatic rings. The number of methoxy groups -OCH3 is 1. The molecule has 0 saturated carbocycles. The van der Waals surface area contributed by atoms with Crippen LogP contribution in [0.15, 0.2) is 0 Å². The molecule has 0 fully saturated rings. The van der Waals surface area contributed by atoms with Crippen LogP contribution >= 0.6 is 11.8 Å². The maximum absolute atomic E-state index is 10.2. The molecule has 0 aromatic carbocycles. The summed E-state index contributed by atoms with van der Waals surface area (Å²) in [6.45, 7) is 0. The average molecular weight is 136 g/mol. The zero-order chi connectivity index (χ0) is 5.70. The lowest BCUT2D eigenvalue weighted by atomic mass is 10.8. The Kier molecular flexibility index (Phi) is 9.15. The highest BCUT2D eigenvalue weighted by Crippen LogP contribution is 1.90. The van der Waals surface area contributed by atoms with Gasteiger partial charge >= 0.3 is 5.97 Å². The van der Waals surface area contributed by atoms with E-state index in [9.17, 15) is 4.79 Å². The lowest BCUT2D eigenvalue weighted by Crippen LogP contribution is -2.01. The van der Waals surface area contributed by atoms with Gasteiger partial charge in [0.25, 0.3) is 0 Å². The van der Waals surface area contributed by atoms with E-state index in [1.165, 1.54) is 18.9 Å². The van der Waals surface area contributed by atoms with Crippen LogP contribution < -0.4 is 0 Å². The van der Waals surface area contributed by atoms with Gasteiger partial charge in [0, 0.05) is 0 Å². The maximum Gasteiger partial charge on any atom is 0.315 e. The van der Waals surface area contributed by atoms with Crippen LogP contribution in [0.4, 0.5) is 0 Å². The van der Waals surface area contributed by atoms with Gasteiger partial charge in [0.15, 0.2) is 0 Å². The van der Waals surface area contributed by atoms with E-state index in [4.69, 9.17) is 0 Å². The van der Waals surface area contributed by atoms with E-state index < -0.39 is 0 Å². The normalized spacial score (nSPS) is 7.25. The Morgan fingerprint density at radius 1 is 1.75 bits per heavy atom. The van der Waals surface area contributed by atoms with Crippen LogP contribution in [0.5, 0.6) is 0 Å². The Morgan fingerprint density at radius 3 is 2.38 bits per heavy atom. The largest absolute Gasteiger partial charge is 0.468 e. The average Bonchev–Trinajstić information content (AvgIpc) is 1.68. The zero-order valence-electron chi connectivity index (χ0n) is 4.43. The quantitative estimate of drug-likeness (QED) is 0.533. The van der Waals surface area contributed by atoms with Crippen molar-refractivity contribution in [1.82, 2.24) is 0 Å². The zero-order valence-corrected chi connectivity index (χ0v) is 5.25. The third-order valence-electron chi connectivity index (χ3n) is 0.490. The van der Waals surface area contributed by atoms with Crippen molar-refractivity contribution in [3.05, 3.63) is 0 Å². The van der Waals surface area contributed by atoms with E-state index in [1.807, 2.05) is 6.26 Å². The fourth-order valence-corrected chi connectivity index (χ4v) is 0.530. The van der Waals surface area contributed by atoms with Crippen LogP contribution in [0.2, 0.25) is 0 Å². The molecule has 0 saturated heterocycles. The first-order valence-electron chi connectivity index (χ1n) is 1.87. The smallest absolute Gasteiger partial charge is 0.315 e. The second-order valence-corrected chi connectivity index (χ2v) is 1.88. The van der Waals surface area contributed by atoms with Gasteiger partial charge in [0.05, 0.1) is 12.9 Å². The lowest BCUT2D eigenvalue weighted by Gasteiger charge is -1.90. The summed E-state index contributed by atoms with van der Waals surface area (Å²) in [5.74, 6) is 0.295. The number of carbonyl (C=O) groups excluding carboxylic acids is 1. The highest BCUT2D eigenvalue weighted by molar-refractivity contribution is 7.99. The van der Waals surface area contributed by atoms with Crippen molar-refractivity contribution in [2.45, 2.75) is 7.43 Å². The van der Waals surface area contributed by atoms with Crippen LogP contribution in [0.25, 0.3) is 0 Å². The summed E-state index contributed by atoms with van der Waals surface area (Å²) in [4.78, 5) is 10.2. The summed E-state index contributed by atoms with van der Waals surface area (Å²) in [5.41, 5.74) is 0. The predicted octanol–water partition coefficient (Wildman–Crippen LogP) is 1.16. The molecule has 0 spiro atoms. The number of esters is 1. The first-order valence-corrected chi connectivity index (χ1v) is 3.26. The van der Waals surface area contributed by atoms with Gasteiger partial charge in [0.1, 0.15) is 0 Å². The van der Waals surface area contributed by atoms with Crippen molar-refractivity contribution in [1.29, 1.82) is 0 Å². The molecule has 0 bridgehead atoms. The van der Waals surface area contributed by atoms with Crippen molar-refractivity contribution >= 4 is 17.7 Å². The molecule has 0 heterocycles. The Balaban J connectivity index is 0. The third-order valence-corrected chi connectivity index (χ3v) is 1.01. The molecule has 0 amide bonds. The van der Waals surface area contributed by atoms with Gasteiger partial charge in [0.2, 0.25) is 0 Å². The highest BCUT2D eigenvalue weighted by Gasteiger charge is 1.93. The number of rotatable bonds is 2. The molecule has 0 N–H and O–H groups in total. The van der Waals surface area contributed by atoms with Gasteiger partial charge in [-0.25, -0.2) is 0 Å². The van der Waals surface area contributed by atoms with Crippen LogP contribution in [0.3, 0.4) is 0 Å². The van der Waals surface area contributed by atoms with E-state index >= 15 is 0 Å². The topological polar surface area (TPSA) is 26.3 Å². The van der Waals surface area contributed by atoms with Crippen LogP contribution in [-0.2, 0) is 9.53 Å². The molecule has 0 atom stereocenters. The molecule has 0 unspecified atom stereocenters. The highest BCUT2D eigenvalue weighted by atomic mass is 32.2. The predicted molar refractivity (Wildman–Crippen MR) is 37.1 cm³/mol. The van der Waals surface area contributed by atoms with Crippen molar-refractivity contribution < 1.29 is 9.53 Å². The molecular weight excluding hydrogens is 124 g/mol. The Labute approximate surface area is 54.6 Å². The molecule has 0 aromatic heterocycles. The maximum atomic E-state index is 10.2. The van der Waals surface area contributed by atoms with Crippen molar-refractivity contribution in [2.75, 3.05) is 19.1 Å². The van der Waals surface area contributed by atoms with Gasteiger partial charge < -0.3 is 4.74 Å². The van der Waals surface area contributed by atoms with E-state index in [0.29, 0.717) is 5.75 Å². The van der Waals surface area contributed by atoms with Crippen molar-refractivity contribution in [3.63, 3.8) is 0 Å². The molecule has 3 heteroatoms. The Morgan fingerprint density at radius 2 is 2.25 bits per heavy atom. The molecule has 0 rings (SSSR count). The fourth-order valence-electron chi connectivity index (χ4n) is 0.177. The fraction of sp³-hybridized carbons (Fsp3) is 0.800. The summed E-state index contributed by atoms with van der Waals surface area (Å²) < 4.78 is 4.33. The third kappa shape index (κ3) is 5.82. The molecule has 50 valence electrons. The summed E-state index contributed by atoms with van der Waals surface area (Å²) >= 11 is 1.46. The lowest BCUT2D eigenvalue weighted by molar-refractivity contribution is -0.137. The van der Waals surface area contributed by atoms with E-state index in [-0.39, 0.29) is 13.4 Å². The molecule has 0 radical (unpaired) electrons. The molecule has 2 nitrogen and oxygen atoms in total. The second kappa shape index (κ2) is 6.82. The number of thioether (sulfide) groups is 1. The van der Waals surface area contributed by atoms with Crippen LogP contribution in [0.1, 0.15) is 7.43 Å². The minimum absolute atomic E-state index is 0. The van der Waals surface area contributed by atoms with Gasteiger partial charge in [-0.1, -0.05) is 7.43 Å². The minimum atomic E-state index is -0.160. The van der Waals surface area contributed by atoms with E-state index in [0.717, 1.165) is 0 Å². The standard InChI is InChI=1S/C4H8O2S.CH4/c1-6-4(5)3-7-2;/h3H2,1-2H3;1H4. The first-order chi connectivity index (χ1) is 3.31. The SMILES string of the molecule is C.COC(=O)CSC. The number of hydrogen-bond donors (Lipinski definition) is 0. The Bertz CT molecular complexity index is 63.4. The minimum Gasteiger partial charge on any atom is -0.468 e. The van der Waals surface area contributed by atoms with E-state index in [1.54, 1.807) is 0 Å². The van der Waals surface area contributed by atoms with Gasteiger partial charge in [-0.2, -0.15) is 11.8 Å². The van der Waals surface area contributed by atoms with Crippen LogP contribution in [-0.4, -0.2) is 25.1 Å². The second-order valence-electron chi connectivity index (χ2n) is 1.01. The Hall–Kier alpha value is -0.180.